The van der Waals surface area contributed by atoms with Crippen LogP contribution in [0.5, 0.6) is 0 Å². The maximum absolute atomic E-state index is 6.33. The van der Waals surface area contributed by atoms with Crippen LogP contribution in [0.1, 0.15) is 0 Å². The van der Waals surface area contributed by atoms with Crippen molar-refractivity contribution in [3.05, 3.63) is 206 Å². The van der Waals surface area contributed by atoms with Crippen molar-refractivity contribution >= 4 is 60.9 Å². The number of fused-ring (bicyclic) bond motifs is 5. The number of hydrogen-bond donors (Lipinski definition) is 0. The van der Waals surface area contributed by atoms with Crippen LogP contribution in [0.15, 0.2) is 215 Å². The molecule has 0 saturated carbocycles. The second-order valence-corrected chi connectivity index (χ2v) is 14.4. The standard InChI is InChI=1S/C53H34N2O2/c1-3-12-35(13-4-1)36-22-27-41(28-23-36)55(49-21-10-9-19-45(49)44-20-11-17-38-14-7-8-18-43(38)44)42-29-24-37(25-30-42)40-26-31-50-46(32-40)47-33-48-52(34-51(47)56-50)57-53(54-48)39-15-5-2-6-16-39/h1-34H. The van der Waals surface area contributed by atoms with Crippen molar-refractivity contribution in [2.45, 2.75) is 0 Å². The molecule has 57 heavy (non-hydrogen) atoms. The summed E-state index contributed by atoms with van der Waals surface area (Å²) in [7, 11) is 0. The number of hydrogen-bond acceptors (Lipinski definition) is 4. The van der Waals surface area contributed by atoms with Crippen LogP contribution in [-0.4, -0.2) is 4.98 Å². The lowest BCUT2D eigenvalue weighted by atomic mass is 9.96. The van der Waals surface area contributed by atoms with Crippen LogP contribution in [0.4, 0.5) is 17.1 Å². The Morgan fingerprint density at radius 1 is 0.351 bits per heavy atom. The fourth-order valence-corrected chi connectivity index (χ4v) is 8.10. The molecule has 4 nitrogen and oxygen atoms in total. The second kappa shape index (κ2) is 13.6. The largest absolute Gasteiger partial charge is 0.456 e. The molecule has 9 aromatic carbocycles. The van der Waals surface area contributed by atoms with Crippen molar-refractivity contribution in [1.82, 2.24) is 4.98 Å². The van der Waals surface area contributed by atoms with Crippen molar-refractivity contribution in [2.24, 2.45) is 0 Å². The summed E-state index contributed by atoms with van der Waals surface area (Å²) in [5.41, 5.74) is 14.3. The van der Waals surface area contributed by atoms with E-state index >= 15 is 0 Å². The zero-order valence-corrected chi connectivity index (χ0v) is 30.8. The number of oxazole rings is 1. The molecule has 268 valence electrons. The highest BCUT2D eigenvalue weighted by atomic mass is 16.4. The minimum Gasteiger partial charge on any atom is -0.456 e. The zero-order chi connectivity index (χ0) is 37.7. The van der Waals surface area contributed by atoms with Gasteiger partial charge in [0.05, 0.1) is 5.69 Å². The molecule has 0 saturated heterocycles. The Hall–Kier alpha value is -7.69. The predicted molar refractivity (Wildman–Crippen MR) is 235 cm³/mol. The average Bonchev–Trinajstić information content (AvgIpc) is 3.87. The highest BCUT2D eigenvalue weighted by molar-refractivity contribution is 6.10. The number of nitrogens with zero attached hydrogens (tertiary/aromatic N) is 2. The molecule has 0 spiro atoms. The lowest BCUT2D eigenvalue weighted by Gasteiger charge is -2.28. The molecular weight excluding hydrogens is 697 g/mol. The number of furan rings is 1. The van der Waals surface area contributed by atoms with E-state index < -0.39 is 0 Å². The van der Waals surface area contributed by atoms with Gasteiger partial charge in [-0.3, -0.25) is 0 Å². The summed E-state index contributed by atoms with van der Waals surface area (Å²) in [5.74, 6) is 0.601. The predicted octanol–water partition coefficient (Wildman–Crippen LogP) is 15.0. The monoisotopic (exact) mass is 730 g/mol. The highest BCUT2D eigenvalue weighted by Gasteiger charge is 2.19. The van der Waals surface area contributed by atoms with Gasteiger partial charge < -0.3 is 13.7 Å². The first kappa shape index (κ1) is 32.7. The molecule has 0 aliphatic carbocycles. The fraction of sp³-hybridized carbons (Fsp3) is 0. The van der Waals surface area contributed by atoms with Crippen molar-refractivity contribution in [3.63, 3.8) is 0 Å². The molecule has 0 aliphatic rings. The first-order valence-corrected chi connectivity index (χ1v) is 19.2. The summed E-state index contributed by atoms with van der Waals surface area (Å²) in [6.45, 7) is 0. The number of aromatic nitrogens is 1. The number of para-hydroxylation sites is 1. The van der Waals surface area contributed by atoms with Gasteiger partial charge in [0.1, 0.15) is 16.7 Å². The van der Waals surface area contributed by atoms with E-state index in [9.17, 15) is 0 Å². The van der Waals surface area contributed by atoms with Gasteiger partial charge in [-0.1, -0.05) is 140 Å². The molecule has 2 aromatic heterocycles. The van der Waals surface area contributed by atoms with Gasteiger partial charge in [0, 0.05) is 39.3 Å². The Morgan fingerprint density at radius 2 is 0.930 bits per heavy atom. The van der Waals surface area contributed by atoms with Crippen molar-refractivity contribution < 1.29 is 8.83 Å². The number of rotatable bonds is 7. The van der Waals surface area contributed by atoms with E-state index in [1.165, 1.54) is 33.0 Å². The quantitative estimate of drug-likeness (QED) is 0.164. The second-order valence-electron chi connectivity index (χ2n) is 14.4. The number of anilines is 3. The third-order valence-electron chi connectivity index (χ3n) is 10.9. The van der Waals surface area contributed by atoms with E-state index in [1.54, 1.807) is 0 Å². The van der Waals surface area contributed by atoms with Crippen LogP contribution in [-0.2, 0) is 0 Å². The first-order chi connectivity index (χ1) is 28.2. The molecule has 0 radical (unpaired) electrons. The summed E-state index contributed by atoms with van der Waals surface area (Å²) in [4.78, 5) is 7.19. The van der Waals surface area contributed by atoms with Crippen molar-refractivity contribution in [1.29, 1.82) is 0 Å². The van der Waals surface area contributed by atoms with Gasteiger partial charge in [-0.2, -0.15) is 0 Å². The van der Waals surface area contributed by atoms with Crippen molar-refractivity contribution in [2.75, 3.05) is 4.90 Å². The molecule has 11 rings (SSSR count). The molecule has 0 fully saturated rings. The van der Waals surface area contributed by atoms with E-state index in [0.29, 0.717) is 11.5 Å². The Morgan fingerprint density at radius 3 is 1.70 bits per heavy atom. The maximum atomic E-state index is 6.33. The topological polar surface area (TPSA) is 42.4 Å². The van der Waals surface area contributed by atoms with Gasteiger partial charge in [0.15, 0.2) is 5.58 Å². The Balaban J connectivity index is 1.00. The Bertz CT molecular complexity index is 3210. The van der Waals surface area contributed by atoms with Crippen LogP contribution in [0.25, 0.3) is 88.6 Å². The summed E-state index contributed by atoms with van der Waals surface area (Å²) < 4.78 is 12.5. The first-order valence-electron chi connectivity index (χ1n) is 19.2. The average molecular weight is 731 g/mol. The van der Waals surface area contributed by atoms with E-state index in [2.05, 4.69) is 175 Å². The molecule has 0 atom stereocenters. The molecule has 0 N–H and O–H groups in total. The minimum atomic E-state index is 0.601. The highest BCUT2D eigenvalue weighted by Crippen LogP contribution is 2.44. The van der Waals surface area contributed by atoms with Gasteiger partial charge in [-0.05, 0) is 99.3 Å². The fourth-order valence-electron chi connectivity index (χ4n) is 8.10. The van der Waals surface area contributed by atoms with Gasteiger partial charge in [-0.15, -0.1) is 0 Å². The number of benzene rings is 9. The summed E-state index contributed by atoms with van der Waals surface area (Å²) in [5, 5.41) is 4.50. The third-order valence-corrected chi connectivity index (χ3v) is 10.9. The van der Waals surface area contributed by atoms with E-state index in [1.807, 2.05) is 36.4 Å². The van der Waals surface area contributed by atoms with Crippen LogP contribution < -0.4 is 4.90 Å². The van der Waals surface area contributed by atoms with Crippen LogP contribution in [0, 0.1) is 0 Å². The minimum absolute atomic E-state index is 0.601. The normalized spacial score (nSPS) is 11.5. The molecule has 0 amide bonds. The molecule has 4 heteroatoms. The van der Waals surface area contributed by atoms with Crippen LogP contribution in [0.3, 0.4) is 0 Å². The van der Waals surface area contributed by atoms with Crippen LogP contribution >= 0.6 is 0 Å². The molecular formula is C53H34N2O2. The van der Waals surface area contributed by atoms with E-state index in [-0.39, 0.29) is 0 Å². The van der Waals surface area contributed by atoms with Gasteiger partial charge in [0.25, 0.3) is 0 Å². The lowest BCUT2D eigenvalue weighted by molar-refractivity contribution is 0.617. The SMILES string of the molecule is c1ccc(-c2ccc(N(c3ccc(-c4ccc5oc6cc7oc(-c8ccccc8)nc7cc6c5c4)cc3)c3ccccc3-c3cccc4ccccc34)cc2)cc1. The van der Waals surface area contributed by atoms with E-state index in [4.69, 9.17) is 13.8 Å². The molecule has 0 unspecified atom stereocenters. The summed E-state index contributed by atoms with van der Waals surface area (Å²) >= 11 is 0. The molecule has 0 aliphatic heterocycles. The van der Waals surface area contributed by atoms with Gasteiger partial charge >= 0.3 is 0 Å². The van der Waals surface area contributed by atoms with Crippen LogP contribution in [0.2, 0.25) is 0 Å². The van der Waals surface area contributed by atoms with Gasteiger partial charge in [0.2, 0.25) is 5.89 Å². The summed E-state index contributed by atoms with van der Waals surface area (Å²) in [6.07, 6.45) is 0. The Labute approximate surface area is 329 Å². The smallest absolute Gasteiger partial charge is 0.227 e. The van der Waals surface area contributed by atoms with E-state index in [0.717, 1.165) is 61.2 Å². The summed E-state index contributed by atoms with van der Waals surface area (Å²) in [6, 6.07) is 72.6. The third kappa shape index (κ3) is 5.83. The molecule has 11 aromatic rings. The zero-order valence-electron chi connectivity index (χ0n) is 30.8. The lowest BCUT2D eigenvalue weighted by Crippen LogP contribution is -2.11. The van der Waals surface area contributed by atoms with Gasteiger partial charge in [-0.25, -0.2) is 4.98 Å². The molecule has 0 bridgehead atoms. The Kier molecular flexibility index (Phi) is 7.78. The van der Waals surface area contributed by atoms with Crippen molar-refractivity contribution in [3.8, 4) is 44.8 Å². The maximum Gasteiger partial charge on any atom is 0.227 e. The molecule has 2 heterocycles.